The topological polar surface area (TPSA) is 69.6 Å². The van der Waals surface area contributed by atoms with Crippen molar-refractivity contribution in [2.45, 2.75) is 26.3 Å². The number of nitrogens with two attached hydrogens (primary N) is 1. The highest BCUT2D eigenvalue weighted by molar-refractivity contribution is 5.09. The molecule has 66 valence electrons. The number of rotatable bonds is 3. The summed E-state index contributed by atoms with van der Waals surface area (Å²) in [6.07, 6.45) is 2.70. The van der Waals surface area contributed by atoms with Crippen LogP contribution in [0.2, 0.25) is 0 Å². The molecule has 2 N–H and O–H groups in total. The summed E-state index contributed by atoms with van der Waals surface area (Å²) in [6, 6.07) is 0. The summed E-state index contributed by atoms with van der Waals surface area (Å²) in [5.74, 6) is 1.94. The zero-order valence-electron chi connectivity index (χ0n) is 7.14. The molecule has 1 aliphatic carbocycles. The van der Waals surface area contributed by atoms with Gasteiger partial charge in [-0.2, -0.15) is 0 Å². The predicted octanol–water partition coefficient (Wildman–Crippen LogP) is 0.301. The van der Waals surface area contributed by atoms with E-state index < -0.39 is 0 Å². The molecule has 1 unspecified atom stereocenters. The number of aromatic nitrogens is 4. The average molecular weight is 167 g/mol. The van der Waals surface area contributed by atoms with E-state index >= 15 is 0 Å². The highest BCUT2D eigenvalue weighted by atomic mass is 15.6. The third-order valence-electron chi connectivity index (χ3n) is 2.45. The molecule has 2 rings (SSSR count). The zero-order valence-corrected chi connectivity index (χ0v) is 7.14. The molecule has 5 heteroatoms. The molecule has 1 aromatic rings. The first-order valence-electron chi connectivity index (χ1n) is 4.29. The monoisotopic (exact) mass is 167 g/mol. The van der Waals surface area contributed by atoms with Gasteiger partial charge in [0, 0.05) is 6.54 Å². The number of tetrazole rings is 1. The molecule has 1 saturated carbocycles. The zero-order chi connectivity index (χ0) is 8.55. The number of hydrogen-bond donors (Lipinski definition) is 1. The van der Waals surface area contributed by atoms with E-state index in [2.05, 4.69) is 22.4 Å². The van der Waals surface area contributed by atoms with Gasteiger partial charge in [-0.05, 0) is 35.1 Å². The molecule has 0 amide bonds. The van der Waals surface area contributed by atoms with Crippen molar-refractivity contribution in [1.29, 1.82) is 0 Å². The third-order valence-corrected chi connectivity index (χ3v) is 2.45. The first-order chi connectivity index (χ1) is 5.77. The fourth-order valence-corrected chi connectivity index (χ4v) is 1.43. The molecule has 1 aliphatic rings. The van der Waals surface area contributed by atoms with E-state index in [-0.39, 0.29) is 0 Å². The number of hydrogen-bond acceptors (Lipinski definition) is 4. The normalized spacial score (nSPS) is 19.4. The Bertz CT molecular complexity index is 265. The SMILES string of the molecule is CC(Cn1nnnc1N)C1CC1. The molecule has 0 spiro atoms. The van der Waals surface area contributed by atoms with Crippen LogP contribution in [0.25, 0.3) is 0 Å². The Labute approximate surface area is 70.9 Å². The Morgan fingerprint density at radius 3 is 2.92 bits per heavy atom. The first kappa shape index (κ1) is 7.52. The summed E-state index contributed by atoms with van der Waals surface area (Å²) < 4.78 is 1.67. The van der Waals surface area contributed by atoms with Crippen molar-refractivity contribution >= 4 is 5.95 Å². The summed E-state index contributed by atoms with van der Waals surface area (Å²) >= 11 is 0. The predicted molar refractivity (Wildman–Crippen MR) is 44.1 cm³/mol. The van der Waals surface area contributed by atoms with Crippen molar-refractivity contribution in [2.75, 3.05) is 5.73 Å². The number of anilines is 1. The van der Waals surface area contributed by atoms with Crippen molar-refractivity contribution in [3.8, 4) is 0 Å². The standard InChI is InChI=1S/C7H13N5/c1-5(6-2-3-6)4-12-7(8)9-10-11-12/h5-6H,2-4H2,1H3,(H2,8,9,11). The van der Waals surface area contributed by atoms with Gasteiger partial charge in [0.2, 0.25) is 5.95 Å². The van der Waals surface area contributed by atoms with E-state index in [4.69, 9.17) is 5.73 Å². The Morgan fingerprint density at radius 2 is 2.42 bits per heavy atom. The van der Waals surface area contributed by atoms with Crippen molar-refractivity contribution in [3.05, 3.63) is 0 Å². The van der Waals surface area contributed by atoms with E-state index in [9.17, 15) is 0 Å². The van der Waals surface area contributed by atoms with Crippen LogP contribution in [0.3, 0.4) is 0 Å². The van der Waals surface area contributed by atoms with Crippen molar-refractivity contribution < 1.29 is 0 Å². The maximum Gasteiger partial charge on any atom is 0.240 e. The number of nitrogen functional groups attached to an aromatic ring is 1. The van der Waals surface area contributed by atoms with Gasteiger partial charge in [0.15, 0.2) is 0 Å². The molecule has 1 heterocycles. The van der Waals surface area contributed by atoms with Crippen molar-refractivity contribution in [1.82, 2.24) is 20.2 Å². The lowest BCUT2D eigenvalue weighted by Crippen LogP contribution is -2.13. The van der Waals surface area contributed by atoms with Gasteiger partial charge in [0.05, 0.1) is 0 Å². The van der Waals surface area contributed by atoms with Crippen molar-refractivity contribution in [2.24, 2.45) is 11.8 Å². The lowest BCUT2D eigenvalue weighted by molar-refractivity contribution is 0.403. The van der Waals surface area contributed by atoms with Gasteiger partial charge in [-0.3, -0.25) is 0 Å². The quantitative estimate of drug-likeness (QED) is 0.703. The van der Waals surface area contributed by atoms with Crippen LogP contribution in [0.4, 0.5) is 5.95 Å². The third kappa shape index (κ3) is 1.39. The molecule has 1 aromatic heterocycles. The van der Waals surface area contributed by atoms with E-state index in [0.717, 1.165) is 12.5 Å². The Morgan fingerprint density at radius 1 is 1.67 bits per heavy atom. The second-order valence-corrected chi connectivity index (χ2v) is 3.53. The van der Waals surface area contributed by atoms with E-state index in [0.29, 0.717) is 11.9 Å². The molecule has 0 radical (unpaired) electrons. The van der Waals surface area contributed by atoms with Gasteiger partial charge in [-0.1, -0.05) is 12.0 Å². The molecule has 0 aliphatic heterocycles. The maximum absolute atomic E-state index is 5.54. The summed E-state index contributed by atoms with van der Waals surface area (Å²) in [5.41, 5.74) is 5.54. The minimum atomic E-state index is 0.419. The fraction of sp³-hybridized carbons (Fsp3) is 0.857. The van der Waals surface area contributed by atoms with Gasteiger partial charge in [0.1, 0.15) is 0 Å². The molecule has 1 atom stereocenters. The van der Waals surface area contributed by atoms with Crippen LogP contribution in [0.5, 0.6) is 0 Å². The van der Waals surface area contributed by atoms with Crippen LogP contribution in [-0.4, -0.2) is 20.2 Å². The van der Waals surface area contributed by atoms with Crippen LogP contribution >= 0.6 is 0 Å². The minimum Gasteiger partial charge on any atom is -0.367 e. The lowest BCUT2D eigenvalue weighted by Gasteiger charge is -2.08. The van der Waals surface area contributed by atoms with E-state index in [1.54, 1.807) is 4.68 Å². The summed E-state index contributed by atoms with van der Waals surface area (Å²) in [7, 11) is 0. The first-order valence-corrected chi connectivity index (χ1v) is 4.29. The van der Waals surface area contributed by atoms with Crippen LogP contribution in [0.15, 0.2) is 0 Å². The van der Waals surface area contributed by atoms with Crippen LogP contribution in [0, 0.1) is 11.8 Å². The van der Waals surface area contributed by atoms with Crippen LogP contribution in [-0.2, 0) is 6.54 Å². The Kier molecular flexibility index (Phi) is 1.71. The van der Waals surface area contributed by atoms with Gasteiger partial charge in [-0.15, -0.1) is 0 Å². The van der Waals surface area contributed by atoms with E-state index in [1.165, 1.54) is 12.8 Å². The average Bonchev–Trinajstić information content (AvgIpc) is 2.80. The Balaban J connectivity index is 1.97. The summed E-state index contributed by atoms with van der Waals surface area (Å²) in [4.78, 5) is 0. The fourth-order valence-electron chi connectivity index (χ4n) is 1.43. The summed E-state index contributed by atoms with van der Waals surface area (Å²) in [5, 5.41) is 10.9. The van der Waals surface area contributed by atoms with Gasteiger partial charge >= 0.3 is 0 Å². The minimum absolute atomic E-state index is 0.419. The van der Waals surface area contributed by atoms with Gasteiger partial charge < -0.3 is 5.73 Å². The molecular formula is C7H13N5. The second-order valence-electron chi connectivity index (χ2n) is 3.53. The molecule has 5 nitrogen and oxygen atoms in total. The molecule has 0 saturated heterocycles. The van der Waals surface area contributed by atoms with Gasteiger partial charge in [0.25, 0.3) is 0 Å². The number of nitrogens with zero attached hydrogens (tertiary/aromatic N) is 4. The largest absolute Gasteiger partial charge is 0.367 e. The second kappa shape index (κ2) is 2.73. The Hall–Kier alpha value is -1.13. The molecule has 0 aromatic carbocycles. The molecule has 1 fully saturated rings. The maximum atomic E-state index is 5.54. The van der Waals surface area contributed by atoms with Gasteiger partial charge in [-0.25, -0.2) is 4.68 Å². The summed E-state index contributed by atoms with van der Waals surface area (Å²) in [6.45, 7) is 3.07. The smallest absolute Gasteiger partial charge is 0.240 e. The molecule has 0 bridgehead atoms. The van der Waals surface area contributed by atoms with Crippen molar-refractivity contribution in [3.63, 3.8) is 0 Å². The lowest BCUT2D eigenvalue weighted by atomic mass is 10.1. The highest BCUT2D eigenvalue weighted by Crippen LogP contribution is 2.37. The van der Waals surface area contributed by atoms with E-state index in [1.807, 2.05) is 0 Å². The van der Waals surface area contributed by atoms with Crippen LogP contribution in [0.1, 0.15) is 19.8 Å². The molecule has 12 heavy (non-hydrogen) atoms. The highest BCUT2D eigenvalue weighted by Gasteiger charge is 2.28. The molecular weight excluding hydrogens is 154 g/mol. The van der Waals surface area contributed by atoms with Crippen LogP contribution < -0.4 is 5.73 Å².